The van der Waals surface area contributed by atoms with Crippen LogP contribution >= 0.6 is 0 Å². The Morgan fingerprint density at radius 3 is 2.75 bits per heavy atom. The van der Waals surface area contributed by atoms with Crippen molar-refractivity contribution in [3.05, 3.63) is 65.0 Å². The van der Waals surface area contributed by atoms with E-state index in [-0.39, 0.29) is 12.4 Å². The molecule has 0 saturated carbocycles. The second-order valence-corrected chi connectivity index (χ2v) is 4.56. The summed E-state index contributed by atoms with van der Waals surface area (Å²) in [5, 5.41) is 22.2. The van der Waals surface area contributed by atoms with Crippen LogP contribution in [0.15, 0.2) is 42.5 Å². The van der Waals surface area contributed by atoms with Crippen LogP contribution in [0, 0.1) is 24.1 Å². The molecule has 0 amide bonds. The summed E-state index contributed by atoms with van der Waals surface area (Å²) >= 11 is 0. The van der Waals surface area contributed by atoms with Crippen LogP contribution in [0.25, 0.3) is 0 Å². The van der Waals surface area contributed by atoms with Crippen molar-refractivity contribution < 1.29 is 9.50 Å². The highest BCUT2D eigenvalue weighted by atomic mass is 19.1. The summed E-state index contributed by atoms with van der Waals surface area (Å²) in [5.74, 6) is -0.380. The first kappa shape index (κ1) is 14.0. The lowest BCUT2D eigenvalue weighted by molar-refractivity contribution is 0.191. The van der Waals surface area contributed by atoms with Gasteiger partial charge in [0, 0.05) is 6.54 Å². The molecule has 0 aliphatic carbocycles. The van der Waals surface area contributed by atoms with E-state index in [4.69, 9.17) is 5.26 Å². The number of hydrogen-bond donors (Lipinski definition) is 2. The maximum Gasteiger partial charge on any atom is 0.123 e. The Bertz CT molecular complexity index is 649. The van der Waals surface area contributed by atoms with Crippen LogP contribution in [0.4, 0.5) is 10.1 Å². The quantitative estimate of drug-likeness (QED) is 0.897. The van der Waals surface area contributed by atoms with Crippen molar-refractivity contribution in [1.82, 2.24) is 0 Å². The lowest BCUT2D eigenvalue weighted by Gasteiger charge is -2.14. The Hall–Kier alpha value is -2.38. The lowest BCUT2D eigenvalue weighted by atomic mass is 10.1. The fourth-order valence-electron chi connectivity index (χ4n) is 2.00. The summed E-state index contributed by atoms with van der Waals surface area (Å²) in [6.45, 7) is 2.06. The fourth-order valence-corrected chi connectivity index (χ4v) is 2.00. The number of halogens is 1. The van der Waals surface area contributed by atoms with Gasteiger partial charge in [-0.05, 0) is 36.2 Å². The molecule has 4 heteroatoms. The van der Waals surface area contributed by atoms with Gasteiger partial charge in [-0.1, -0.05) is 24.3 Å². The predicted octanol–water partition coefficient (Wildman–Crippen LogP) is 3.15. The fraction of sp³-hybridized carbons (Fsp3) is 0.188. The van der Waals surface area contributed by atoms with Crippen molar-refractivity contribution in [2.24, 2.45) is 0 Å². The Kier molecular flexibility index (Phi) is 4.34. The number of benzene rings is 2. The molecule has 102 valence electrons. The van der Waals surface area contributed by atoms with Crippen LogP contribution in [0.2, 0.25) is 0 Å². The van der Waals surface area contributed by atoms with E-state index in [0.717, 1.165) is 5.56 Å². The summed E-state index contributed by atoms with van der Waals surface area (Å²) < 4.78 is 13.1. The molecule has 2 aromatic carbocycles. The second kappa shape index (κ2) is 6.18. The van der Waals surface area contributed by atoms with Crippen LogP contribution in [-0.4, -0.2) is 11.7 Å². The van der Waals surface area contributed by atoms with Crippen LogP contribution in [0.3, 0.4) is 0 Å². The van der Waals surface area contributed by atoms with Crippen molar-refractivity contribution in [3.8, 4) is 6.07 Å². The van der Waals surface area contributed by atoms with E-state index in [2.05, 4.69) is 11.4 Å². The number of nitrogens with zero attached hydrogens (tertiary/aromatic N) is 1. The molecule has 1 atom stereocenters. The monoisotopic (exact) mass is 270 g/mol. The Morgan fingerprint density at radius 1 is 1.30 bits per heavy atom. The largest absolute Gasteiger partial charge is 0.387 e. The lowest BCUT2D eigenvalue weighted by Crippen LogP contribution is -2.13. The minimum atomic E-state index is -0.835. The van der Waals surface area contributed by atoms with E-state index in [1.807, 2.05) is 19.1 Å². The zero-order valence-electron chi connectivity index (χ0n) is 11.1. The molecule has 0 bridgehead atoms. The van der Waals surface area contributed by atoms with Crippen LogP contribution < -0.4 is 5.32 Å². The van der Waals surface area contributed by atoms with E-state index >= 15 is 0 Å². The standard InChI is InChI=1S/C16H15FN2O/c1-11-4-2-7-15(14(11)9-18)19-10-16(20)12-5-3-6-13(17)8-12/h2-8,16,19-20H,10H2,1H3. The molecule has 2 N–H and O–H groups in total. The molecule has 0 spiro atoms. The third kappa shape index (κ3) is 3.14. The summed E-state index contributed by atoms with van der Waals surface area (Å²) in [5.41, 5.74) is 2.60. The smallest absolute Gasteiger partial charge is 0.123 e. The van der Waals surface area contributed by atoms with Gasteiger partial charge < -0.3 is 10.4 Å². The number of aliphatic hydroxyl groups excluding tert-OH is 1. The number of hydrogen-bond acceptors (Lipinski definition) is 3. The molecule has 2 rings (SSSR count). The third-order valence-electron chi connectivity index (χ3n) is 3.10. The molecule has 0 aromatic heterocycles. The molecule has 1 unspecified atom stereocenters. The Labute approximate surface area is 117 Å². The van der Waals surface area contributed by atoms with Crippen LogP contribution in [0.1, 0.15) is 22.8 Å². The molecule has 0 radical (unpaired) electrons. The normalized spacial score (nSPS) is 11.7. The molecular formula is C16H15FN2O. The van der Waals surface area contributed by atoms with Gasteiger partial charge >= 0.3 is 0 Å². The first-order valence-corrected chi connectivity index (χ1v) is 6.29. The number of nitrogens with one attached hydrogen (secondary N) is 1. The maximum atomic E-state index is 13.1. The summed E-state index contributed by atoms with van der Waals surface area (Å²) in [6, 6.07) is 13.5. The Morgan fingerprint density at radius 2 is 2.05 bits per heavy atom. The SMILES string of the molecule is Cc1cccc(NCC(O)c2cccc(F)c2)c1C#N. The molecule has 3 nitrogen and oxygen atoms in total. The molecular weight excluding hydrogens is 255 g/mol. The van der Waals surface area contributed by atoms with E-state index in [1.165, 1.54) is 12.1 Å². The summed E-state index contributed by atoms with van der Waals surface area (Å²) in [7, 11) is 0. The van der Waals surface area contributed by atoms with Gasteiger partial charge in [0.15, 0.2) is 0 Å². The highest BCUT2D eigenvalue weighted by Crippen LogP contribution is 2.20. The number of aryl methyl sites for hydroxylation is 1. The average Bonchev–Trinajstić information content (AvgIpc) is 2.44. The molecule has 0 aliphatic rings. The van der Waals surface area contributed by atoms with Crippen molar-refractivity contribution in [3.63, 3.8) is 0 Å². The maximum absolute atomic E-state index is 13.1. The highest BCUT2D eigenvalue weighted by molar-refractivity contribution is 5.60. The van der Waals surface area contributed by atoms with Gasteiger partial charge in [-0.15, -0.1) is 0 Å². The van der Waals surface area contributed by atoms with Crippen LogP contribution in [-0.2, 0) is 0 Å². The van der Waals surface area contributed by atoms with Gasteiger partial charge in [0.25, 0.3) is 0 Å². The first-order valence-electron chi connectivity index (χ1n) is 6.29. The topological polar surface area (TPSA) is 56.0 Å². The molecule has 0 saturated heterocycles. The second-order valence-electron chi connectivity index (χ2n) is 4.56. The van der Waals surface area contributed by atoms with E-state index in [0.29, 0.717) is 16.8 Å². The van der Waals surface area contributed by atoms with Gasteiger partial charge in [0.1, 0.15) is 11.9 Å². The number of rotatable bonds is 4. The summed E-state index contributed by atoms with van der Waals surface area (Å²) in [6.07, 6.45) is -0.835. The van der Waals surface area contributed by atoms with Gasteiger partial charge in [-0.3, -0.25) is 0 Å². The van der Waals surface area contributed by atoms with E-state index in [1.54, 1.807) is 18.2 Å². The van der Waals surface area contributed by atoms with Gasteiger partial charge in [0.05, 0.1) is 17.4 Å². The molecule has 20 heavy (non-hydrogen) atoms. The number of aliphatic hydroxyl groups is 1. The predicted molar refractivity (Wildman–Crippen MR) is 75.7 cm³/mol. The molecule has 2 aromatic rings. The van der Waals surface area contributed by atoms with Crippen LogP contribution in [0.5, 0.6) is 0 Å². The zero-order chi connectivity index (χ0) is 14.5. The van der Waals surface area contributed by atoms with Gasteiger partial charge in [-0.2, -0.15) is 5.26 Å². The average molecular weight is 270 g/mol. The molecule has 0 fully saturated rings. The molecule has 0 heterocycles. The van der Waals surface area contributed by atoms with E-state index in [9.17, 15) is 9.50 Å². The highest BCUT2D eigenvalue weighted by Gasteiger charge is 2.10. The number of anilines is 1. The Balaban J connectivity index is 2.10. The first-order chi connectivity index (χ1) is 9.61. The van der Waals surface area contributed by atoms with Gasteiger partial charge in [-0.25, -0.2) is 4.39 Å². The zero-order valence-corrected chi connectivity index (χ0v) is 11.1. The minimum absolute atomic E-state index is 0.210. The molecule has 0 aliphatic heterocycles. The van der Waals surface area contributed by atoms with Crippen molar-refractivity contribution in [2.45, 2.75) is 13.0 Å². The van der Waals surface area contributed by atoms with Crippen molar-refractivity contribution in [2.75, 3.05) is 11.9 Å². The summed E-state index contributed by atoms with van der Waals surface area (Å²) in [4.78, 5) is 0. The van der Waals surface area contributed by atoms with Crippen molar-refractivity contribution >= 4 is 5.69 Å². The minimum Gasteiger partial charge on any atom is -0.387 e. The third-order valence-corrected chi connectivity index (χ3v) is 3.10. The van der Waals surface area contributed by atoms with Gasteiger partial charge in [0.2, 0.25) is 0 Å². The van der Waals surface area contributed by atoms with E-state index < -0.39 is 6.10 Å². The number of nitriles is 1. The van der Waals surface area contributed by atoms with Crippen molar-refractivity contribution in [1.29, 1.82) is 5.26 Å².